The van der Waals surface area contributed by atoms with Crippen LogP contribution in [-0.4, -0.2) is 11.9 Å². The maximum absolute atomic E-state index is 11.7. The van der Waals surface area contributed by atoms with Gasteiger partial charge in [-0.15, -0.1) is 0 Å². The zero-order valence-electron chi connectivity index (χ0n) is 10.1. The summed E-state index contributed by atoms with van der Waals surface area (Å²) in [5.74, 6) is 0.0980. The van der Waals surface area contributed by atoms with Crippen LogP contribution in [0.5, 0.6) is 0 Å². The fourth-order valence-electron chi connectivity index (χ4n) is 1.34. The van der Waals surface area contributed by atoms with Gasteiger partial charge < -0.3 is 11.1 Å². The molecule has 0 aliphatic rings. The molecule has 0 bridgehead atoms. The highest BCUT2D eigenvalue weighted by atomic mass is 16.1. The van der Waals surface area contributed by atoms with Crippen LogP contribution in [0.15, 0.2) is 24.3 Å². The molecule has 0 aliphatic carbocycles. The van der Waals surface area contributed by atoms with Crippen LogP contribution in [-0.2, 0) is 4.79 Å². The van der Waals surface area contributed by atoms with Crippen LogP contribution in [0, 0.1) is 17.2 Å². The van der Waals surface area contributed by atoms with E-state index in [0.717, 1.165) is 0 Å². The molecule has 17 heavy (non-hydrogen) atoms. The highest BCUT2D eigenvalue weighted by Crippen LogP contribution is 2.14. The van der Waals surface area contributed by atoms with Crippen LogP contribution in [0.4, 0.5) is 5.69 Å². The van der Waals surface area contributed by atoms with Gasteiger partial charge in [0.2, 0.25) is 5.91 Å². The summed E-state index contributed by atoms with van der Waals surface area (Å²) in [5, 5.41) is 11.6. The predicted molar refractivity (Wildman–Crippen MR) is 67.2 cm³/mol. The molecule has 4 heteroatoms. The smallest absolute Gasteiger partial charge is 0.225 e. The third-order valence-electron chi connectivity index (χ3n) is 2.60. The lowest BCUT2D eigenvalue weighted by Crippen LogP contribution is -2.31. The Morgan fingerprint density at radius 1 is 1.47 bits per heavy atom. The van der Waals surface area contributed by atoms with Gasteiger partial charge in [-0.2, -0.15) is 5.26 Å². The Kier molecular flexibility index (Phi) is 4.68. The molecular weight excluding hydrogens is 214 g/mol. The van der Waals surface area contributed by atoms with Crippen LogP contribution in [0.25, 0.3) is 0 Å². The van der Waals surface area contributed by atoms with Gasteiger partial charge in [0.05, 0.1) is 11.3 Å². The first-order valence-corrected chi connectivity index (χ1v) is 5.59. The predicted octanol–water partition coefficient (Wildman–Crippen LogP) is 1.87. The molecule has 1 aromatic rings. The number of nitrogens with two attached hydrogens (primary N) is 1. The van der Waals surface area contributed by atoms with Gasteiger partial charge in [0.1, 0.15) is 6.07 Å². The maximum Gasteiger partial charge on any atom is 0.225 e. The van der Waals surface area contributed by atoms with Crippen LogP contribution in [0.3, 0.4) is 0 Å². The van der Waals surface area contributed by atoms with Gasteiger partial charge in [0.25, 0.3) is 0 Å². The lowest BCUT2D eigenvalue weighted by molar-refractivity contribution is -0.116. The number of nitrogens with one attached hydrogen (secondary N) is 1. The molecule has 0 fully saturated rings. The number of hydrogen-bond donors (Lipinski definition) is 2. The summed E-state index contributed by atoms with van der Waals surface area (Å²) in [6.45, 7) is 3.95. The van der Waals surface area contributed by atoms with E-state index >= 15 is 0 Å². The average molecular weight is 231 g/mol. The van der Waals surface area contributed by atoms with Gasteiger partial charge in [-0.05, 0) is 18.1 Å². The van der Waals surface area contributed by atoms with Crippen LogP contribution in [0.1, 0.15) is 25.8 Å². The summed E-state index contributed by atoms with van der Waals surface area (Å²) >= 11 is 0. The number of para-hydroxylation sites is 1. The molecule has 0 heterocycles. The summed E-state index contributed by atoms with van der Waals surface area (Å²) < 4.78 is 0. The highest BCUT2D eigenvalue weighted by Gasteiger charge is 2.13. The van der Waals surface area contributed by atoms with E-state index < -0.39 is 0 Å². The Morgan fingerprint density at radius 2 is 2.12 bits per heavy atom. The van der Waals surface area contributed by atoms with Crippen LogP contribution >= 0.6 is 0 Å². The van der Waals surface area contributed by atoms with E-state index in [1.54, 1.807) is 24.3 Å². The van der Waals surface area contributed by atoms with E-state index in [9.17, 15) is 4.79 Å². The lowest BCUT2D eigenvalue weighted by Gasteiger charge is -2.15. The Hall–Kier alpha value is -1.86. The first kappa shape index (κ1) is 13.2. The molecule has 90 valence electrons. The van der Waals surface area contributed by atoms with Gasteiger partial charge >= 0.3 is 0 Å². The molecule has 0 radical (unpaired) electrons. The largest absolute Gasteiger partial charge is 0.327 e. The standard InChI is InChI=1S/C13H17N3O/c1-9(2)11(15)7-13(17)16-12-6-4-3-5-10(12)8-14/h3-6,9,11H,7,15H2,1-2H3,(H,16,17). The first-order valence-electron chi connectivity index (χ1n) is 5.59. The van der Waals surface area contributed by atoms with Crippen molar-refractivity contribution in [3.05, 3.63) is 29.8 Å². The Labute approximate surface area is 101 Å². The topological polar surface area (TPSA) is 78.9 Å². The summed E-state index contributed by atoms with van der Waals surface area (Å²) in [5.41, 5.74) is 6.81. The second-order valence-electron chi connectivity index (χ2n) is 4.32. The molecular formula is C13H17N3O. The SMILES string of the molecule is CC(C)C(N)CC(=O)Nc1ccccc1C#N. The normalized spacial score (nSPS) is 11.9. The Bertz CT molecular complexity index is 435. The molecule has 1 amide bonds. The van der Waals surface area contributed by atoms with Crippen LogP contribution < -0.4 is 11.1 Å². The molecule has 0 saturated carbocycles. The third kappa shape index (κ3) is 3.89. The highest BCUT2D eigenvalue weighted by molar-refractivity contribution is 5.92. The number of nitrogens with zero attached hydrogens (tertiary/aromatic N) is 1. The van der Waals surface area contributed by atoms with E-state index in [4.69, 9.17) is 11.0 Å². The fraction of sp³-hybridized carbons (Fsp3) is 0.385. The van der Waals surface area contributed by atoms with Gasteiger partial charge in [-0.25, -0.2) is 0 Å². The molecule has 0 aromatic heterocycles. The molecule has 1 aromatic carbocycles. The summed E-state index contributed by atoms with van der Waals surface area (Å²) in [6, 6.07) is 8.77. The summed E-state index contributed by atoms with van der Waals surface area (Å²) in [7, 11) is 0. The van der Waals surface area contributed by atoms with Crippen molar-refractivity contribution < 1.29 is 4.79 Å². The Morgan fingerprint density at radius 3 is 2.71 bits per heavy atom. The molecule has 4 nitrogen and oxygen atoms in total. The zero-order valence-corrected chi connectivity index (χ0v) is 10.1. The van der Waals surface area contributed by atoms with E-state index in [1.807, 2.05) is 19.9 Å². The number of anilines is 1. The third-order valence-corrected chi connectivity index (χ3v) is 2.60. The number of hydrogen-bond acceptors (Lipinski definition) is 3. The van der Waals surface area contributed by atoms with Crippen molar-refractivity contribution in [2.45, 2.75) is 26.3 Å². The average Bonchev–Trinajstić information content (AvgIpc) is 2.29. The minimum atomic E-state index is -0.163. The van der Waals surface area contributed by atoms with Crippen molar-refractivity contribution in [2.75, 3.05) is 5.32 Å². The number of nitriles is 1. The van der Waals surface area contributed by atoms with Crippen molar-refractivity contribution in [2.24, 2.45) is 11.7 Å². The molecule has 0 aliphatic heterocycles. The molecule has 1 rings (SSSR count). The second-order valence-corrected chi connectivity index (χ2v) is 4.32. The van der Waals surface area contributed by atoms with Crippen molar-refractivity contribution >= 4 is 11.6 Å². The number of rotatable bonds is 4. The number of carbonyl (C=O) groups excluding carboxylic acids is 1. The van der Waals surface area contributed by atoms with Crippen LogP contribution in [0.2, 0.25) is 0 Å². The quantitative estimate of drug-likeness (QED) is 0.830. The molecule has 1 unspecified atom stereocenters. The number of benzene rings is 1. The van der Waals surface area contributed by atoms with Gasteiger partial charge in [-0.1, -0.05) is 26.0 Å². The first-order chi connectivity index (χ1) is 8.04. The van der Waals surface area contributed by atoms with E-state index in [0.29, 0.717) is 11.3 Å². The van der Waals surface area contributed by atoms with E-state index in [2.05, 4.69) is 5.32 Å². The zero-order chi connectivity index (χ0) is 12.8. The van der Waals surface area contributed by atoms with E-state index in [1.165, 1.54) is 0 Å². The van der Waals surface area contributed by atoms with Gasteiger partial charge in [0, 0.05) is 12.5 Å². The van der Waals surface area contributed by atoms with Crippen molar-refractivity contribution in [3.8, 4) is 6.07 Å². The second kappa shape index (κ2) is 6.02. The minimum Gasteiger partial charge on any atom is -0.327 e. The molecule has 1 atom stereocenters. The lowest BCUT2D eigenvalue weighted by atomic mass is 10.0. The number of amides is 1. The minimum absolute atomic E-state index is 0.158. The van der Waals surface area contributed by atoms with E-state index in [-0.39, 0.29) is 24.3 Å². The maximum atomic E-state index is 11.7. The monoisotopic (exact) mass is 231 g/mol. The molecule has 0 saturated heterocycles. The number of carbonyl (C=O) groups is 1. The molecule has 3 N–H and O–H groups in total. The van der Waals surface area contributed by atoms with Crippen molar-refractivity contribution in [1.82, 2.24) is 0 Å². The molecule has 0 spiro atoms. The Balaban J connectivity index is 2.66. The summed E-state index contributed by atoms with van der Waals surface area (Å²) in [6.07, 6.45) is 0.261. The van der Waals surface area contributed by atoms with Crippen molar-refractivity contribution in [1.29, 1.82) is 5.26 Å². The van der Waals surface area contributed by atoms with Gasteiger partial charge in [-0.3, -0.25) is 4.79 Å². The van der Waals surface area contributed by atoms with Gasteiger partial charge in [0.15, 0.2) is 0 Å². The fourth-order valence-corrected chi connectivity index (χ4v) is 1.34. The summed E-state index contributed by atoms with van der Waals surface area (Å²) in [4.78, 5) is 11.7. The van der Waals surface area contributed by atoms with Crippen molar-refractivity contribution in [3.63, 3.8) is 0 Å².